The Morgan fingerprint density at radius 2 is 2.04 bits per heavy atom. The fraction of sp³-hybridized carbons (Fsp3) is 0.500. The third-order valence-electron chi connectivity index (χ3n) is 4.97. The molecule has 2 aliphatic rings. The number of hydrogen-bond donors (Lipinski definition) is 1. The van der Waals surface area contributed by atoms with Crippen molar-refractivity contribution in [1.82, 2.24) is 0 Å². The Labute approximate surface area is 147 Å². The summed E-state index contributed by atoms with van der Waals surface area (Å²) in [5.41, 5.74) is 0.603. The van der Waals surface area contributed by atoms with Gasteiger partial charge in [-0.05, 0) is 24.1 Å². The van der Waals surface area contributed by atoms with Gasteiger partial charge in [0.1, 0.15) is 11.9 Å². The van der Waals surface area contributed by atoms with Gasteiger partial charge in [0.05, 0.1) is 32.5 Å². The predicted molar refractivity (Wildman–Crippen MR) is 93.6 cm³/mol. The zero-order chi connectivity index (χ0) is 17.7. The largest absolute Gasteiger partial charge is 0.493 e. The number of aliphatic hydroxyl groups excluding tert-OH is 1. The number of allylic oxidation sites excluding steroid dienone is 3. The Balaban J connectivity index is 1.64. The maximum Gasteiger partial charge on any atom is 0.150 e. The SMILES string of the molecule is COC1C(F)COCC1c1ccc(OCC2(CO)C=CC=CC2)cc1. The van der Waals surface area contributed by atoms with Crippen molar-refractivity contribution in [3.8, 4) is 5.75 Å². The summed E-state index contributed by atoms with van der Waals surface area (Å²) in [5.74, 6) is 0.597. The number of halogens is 1. The molecule has 4 nitrogen and oxygen atoms in total. The highest BCUT2D eigenvalue weighted by Gasteiger charge is 2.35. The van der Waals surface area contributed by atoms with Crippen molar-refractivity contribution >= 4 is 0 Å². The van der Waals surface area contributed by atoms with E-state index in [0.717, 1.165) is 17.7 Å². The molecule has 0 saturated carbocycles. The first-order valence-electron chi connectivity index (χ1n) is 8.60. The molecule has 0 radical (unpaired) electrons. The predicted octanol–water partition coefficient (Wildman–Crippen LogP) is 3.03. The summed E-state index contributed by atoms with van der Waals surface area (Å²) in [6.07, 6.45) is 7.08. The second-order valence-corrected chi connectivity index (χ2v) is 6.73. The third kappa shape index (κ3) is 4.11. The zero-order valence-electron chi connectivity index (χ0n) is 14.4. The number of methoxy groups -OCH3 is 1. The van der Waals surface area contributed by atoms with E-state index in [-0.39, 0.29) is 24.5 Å². The van der Waals surface area contributed by atoms with Gasteiger partial charge in [-0.15, -0.1) is 0 Å². The molecular formula is C20H25FO4. The molecule has 3 rings (SSSR count). The van der Waals surface area contributed by atoms with Gasteiger partial charge in [-0.2, -0.15) is 0 Å². The summed E-state index contributed by atoms with van der Waals surface area (Å²) in [7, 11) is 1.54. The second-order valence-electron chi connectivity index (χ2n) is 6.73. The summed E-state index contributed by atoms with van der Waals surface area (Å²) in [6.45, 7) is 0.980. The highest BCUT2D eigenvalue weighted by atomic mass is 19.1. The Kier molecular flexibility index (Phi) is 5.89. The molecule has 1 N–H and O–H groups in total. The van der Waals surface area contributed by atoms with Crippen molar-refractivity contribution in [2.45, 2.75) is 24.6 Å². The van der Waals surface area contributed by atoms with Crippen LogP contribution in [0, 0.1) is 5.41 Å². The number of ether oxygens (including phenoxy) is 3. The van der Waals surface area contributed by atoms with E-state index in [0.29, 0.717) is 13.2 Å². The fourth-order valence-corrected chi connectivity index (χ4v) is 3.36. The standard InChI is InChI=1S/C20H25FO4/c1-23-19-17(11-24-12-18(19)21)15-5-7-16(8-6-15)25-14-20(13-22)9-3-2-4-10-20/h2-9,17-19,22H,10-14H2,1H3. The Morgan fingerprint density at radius 3 is 2.68 bits per heavy atom. The average molecular weight is 348 g/mol. The number of rotatable bonds is 6. The Bertz CT molecular complexity index is 613. The molecule has 0 bridgehead atoms. The van der Waals surface area contributed by atoms with Crippen LogP contribution in [0.25, 0.3) is 0 Å². The molecule has 0 aromatic heterocycles. The van der Waals surface area contributed by atoms with Crippen molar-refractivity contribution in [2.24, 2.45) is 5.41 Å². The number of benzene rings is 1. The highest BCUT2D eigenvalue weighted by molar-refractivity contribution is 5.31. The van der Waals surface area contributed by atoms with Crippen LogP contribution in [0.5, 0.6) is 5.75 Å². The molecule has 0 spiro atoms. The zero-order valence-corrected chi connectivity index (χ0v) is 14.4. The molecule has 5 heteroatoms. The lowest BCUT2D eigenvalue weighted by Gasteiger charge is -2.33. The monoisotopic (exact) mass is 348 g/mol. The van der Waals surface area contributed by atoms with Crippen LogP contribution < -0.4 is 4.74 Å². The van der Waals surface area contributed by atoms with Gasteiger partial charge in [0.2, 0.25) is 0 Å². The van der Waals surface area contributed by atoms with Crippen LogP contribution in [0.4, 0.5) is 4.39 Å². The normalized spacial score (nSPS) is 31.9. The quantitative estimate of drug-likeness (QED) is 0.858. The van der Waals surface area contributed by atoms with E-state index < -0.39 is 12.3 Å². The number of aliphatic hydroxyl groups is 1. The molecule has 1 fully saturated rings. The van der Waals surface area contributed by atoms with Gasteiger partial charge >= 0.3 is 0 Å². The van der Waals surface area contributed by atoms with Crippen molar-refractivity contribution in [3.63, 3.8) is 0 Å². The maximum atomic E-state index is 14.0. The third-order valence-corrected chi connectivity index (χ3v) is 4.97. The van der Waals surface area contributed by atoms with Crippen molar-refractivity contribution in [3.05, 3.63) is 54.1 Å². The van der Waals surface area contributed by atoms with E-state index in [1.165, 1.54) is 7.11 Å². The molecule has 0 amide bonds. The fourth-order valence-electron chi connectivity index (χ4n) is 3.36. The molecule has 1 heterocycles. The van der Waals surface area contributed by atoms with Gasteiger partial charge in [0.25, 0.3) is 0 Å². The number of alkyl halides is 1. The molecule has 1 aromatic rings. The van der Waals surface area contributed by atoms with Crippen molar-refractivity contribution < 1.29 is 23.7 Å². The lowest BCUT2D eigenvalue weighted by Crippen LogP contribution is -2.41. The second kappa shape index (κ2) is 8.13. The number of hydrogen-bond acceptors (Lipinski definition) is 4. The van der Waals surface area contributed by atoms with Gasteiger partial charge in [-0.1, -0.05) is 36.4 Å². The first-order valence-corrected chi connectivity index (χ1v) is 8.60. The maximum absolute atomic E-state index is 14.0. The summed E-state index contributed by atoms with van der Waals surface area (Å²) >= 11 is 0. The van der Waals surface area contributed by atoms with E-state index in [9.17, 15) is 9.50 Å². The molecule has 136 valence electrons. The van der Waals surface area contributed by atoms with Crippen LogP contribution in [-0.4, -0.2) is 50.9 Å². The summed E-state index contributed by atoms with van der Waals surface area (Å²) in [6, 6.07) is 7.60. The van der Waals surface area contributed by atoms with Crippen molar-refractivity contribution in [2.75, 3.05) is 33.5 Å². The van der Waals surface area contributed by atoms with Gasteiger partial charge in [0.15, 0.2) is 0 Å². The average Bonchev–Trinajstić information content (AvgIpc) is 2.67. The lowest BCUT2D eigenvalue weighted by atomic mass is 9.83. The molecule has 1 saturated heterocycles. The lowest BCUT2D eigenvalue weighted by molar-refractivity contribution is -0.0832. The molecule has 4 unspecified atom stereocenters. The van der Waals surface area contributed by atoms with E-state index in [1.807, 2.05) is 48.6 Å². The topological polar surface area (TPSA) is 47.9 Å². The van der Waals surface area contributed by atoms with Gasteiger partial charge in [-0.3, -0.25) is 0 Å². The minimum atomic E-state index is -1.12. The van der Waals surface area contributed by atoms with E-state index >= 15 is 0 Å². The van der Waals surface area contributed by atoms with E-state index in [1.54, 1.807) is 0 Å². The summed E-state index contributed by atoms with van der Waals surface area (Å²) < 4.78 is 30.5. The van der Waals surface area contributed by atoms with Gasteiger partial charge in [0, 0.05) is 18.4 Å². The molecule has 4 atom stereocenters. The summed E-state index contributed by atoms with van der Waals surface area (Å²) in [5, 5.41) is 9.69. The Hall–Kier alpha value is -1.69. The van der Waals surface area contributed by atoms with Crippen LogP contribution in [0.2, 0.25) is 0 Å². The molecular weight excluding hydrogens is 323 g/mol. The minimum Gasteiger partial charge on any atom is -0.493 e. The first-order chi connectivity index (χ1) is 12.2. The van der Waals surface area contributed by atoms with Crippen LogP contribution in [-0.2, 0) is 9.47 Å². The smallest absolute Gasteiger partial charge is 0.150 e. The molecule has 1 aliphatic heterocycles. The first kappa shape index (κ1) is 18.1. The summed E-state index contributed by atoms with van der Waals surface area (Å²) in [4.78, 5) is 0. The van der Waals surface area contributed by atoms with Crippen LogP contribution >= 0.6 is 0 Å². The Morgan fingerprint density at radius 1 is 1.24 bits per heavy atom. The molecule has 1 aliphatic carbocycles. The molecule has 1 aromatic carbocycles. The van der Waals surface area contributed by atoms with Crippen molar-refractivity contribution in [1.29, 1.82) is 0 Å². The minimum absolute atomic E-state index is 0.0404. The van der Waals surface area contributed by atoms with E-state index in [2.05, 4.69) is 0 Å². The highest BCUT2D eigenvalue weighted by Crippen LogP contribution is 2.32. The van der Waals surface area contributed by atoms with Crippen LogP contribution in [0.3, 0.4) is 0 Å². The van der Waals surface area contributed by atoms with Gasteiger partial charge in [-0.25, -0.2) is 4.39 Å². The van der Waals surface area contributed by atoms with Gasteiger partial charge < -0.3 is 19.3 Å². The molecule has 25 heavy (non-hydrogen) atoms. The van der Waals surface area contributed by atoms with Crippen LogP contribution in [0.1, 0.15) is 17.9 Å². The van der Waals surface area contributed by atoms with E-state index in [4.69, 9.17) is 14.2 Å². The van der Waals surface area contributed by atoms with Crippen LogP contribution in [0.15, 0.2) is 48.6 Å².